The predicted molar refractivity (Wildman–Crippen MR) is 74.0 cm³/mol. The normalized spacial score (nSPS) is 10.5. The van der Waals surface area contributed by atoms with Crippen molar-refractivity contribution in [2.45, 2.75) is 6.42 Å². The van der Waals surface area contributed by atoms with Gasteiger partial charge in [0.05, 0.1) is 9.50 Å². The highest BCUT2D eigenvalue weighted by Gasteiger charge is 2.10. The zero-order chi connectivity index (χ0) is 13.8. The molecule has 0 radical (unpaired) electrons. The van der Waals surface area contributed by atoms with Crippen LogP contribution in [0.15, 0.2) is 29.0 Å². The lowest BCUT2D eigenvalue weighted by Gasteiger charge is -2.07. The van der Waals surface area contributed by atoms with E-state index in [1.807, 2.05) is 0 Å². The summed E-state index contributed by atoms with van der Waals surface area (Å²) >= 11 is 8.87. The molecule has 0 saturated carbocycles. The minimum Gasteiger partial charge on any atom is -0.423 e. The van der Waals surface area contributed by atoms with Crippen molar-refractivity contribution in [3.05, 3.63) is 45.4 Å². The van der Waals surface area contributed by atoms with E-state index in [-0.39, 0.29) is 16.8 Å². The molecular weight excluding hydrogens is 337 g/mol. The molecule has 0 unspecified atom stereocenters. The predicted octanol–water partition coefficient (Wildman–Crippen LogP) is 3.33. The van der Waals surface area contributed by atoms with Crippen LogP contribution in [0, 0.1) is 5.82 Å². The van der Waals surface area contributed by atoms with Gasteiger partial charge in [-0.25, -0.2) is 14.4 Å². The largest absolute Gasteiger partial charge is 0.423 e. The van der Waals surface area contributed by atoms with Gasteiger partial charge in [-0.15, -0.1) is 0 Å². The van der Waals surface area contributed by atoms with Crippen molar-refractivity contribution in [3.63, 3.8) is 0 Å². The van der Waals surface area contributed by atoms with E-state index < -0.39 is 5.82 Å². The highest BCUT2D eigenvalue weighted by atomic mass is 79.9. The first-order valence-corrected chi connectivity index (χ1v) is 6.60. The molecule has 0 spiro atoms. The molecule has 19 heavy (non-hydrogen) atoms. The second kappa shape index (κ2) is 6.27. The summed E-state index contributed by atoms with van der Waals surface area (Å²) in [7, 11) is 0. The van der Waals surface area contributed by atoms with Crippen LogP contribution in [0.5, 0.6) is 11.8 Å². The van der Waals surface area contributed by atoms with Crippen LogP contribution in [0.3, 0.4) is 0 Å². The molecule has 7 heteroatoms. The monoisotopic (exact) mass is 345 g/mol. The molecule has 0 aliphatic rings. The van der Waals surface area contributed by atoms with Crippen LogP contribution < -0.4 is 10.5 Å². The molecule has 0 aliphatic heterocycles. The molecule has 4 nitrogen and oxygen atoms in total. The van der Waals surface area contributed by atoms with Gasteiger partial charge in [-0.2, -0.15) is 0 Å². The van der Waals surface area contributed by atoms with Gasteiger partial charge in [-0.05, 0) is 40.5 Å². The first-order valence-electron chi connectivity index (χ1n) is 5.43. The van der Waals surface area contributed by atoms with E-state index in [1.165, 1.54) is 12.1 Å². The zero-order valence-corrected chi connectivity index (χ0v) is 12.1. The van der Waals surface area contributed by atoms with Crippen LogP contribution in [0.4, 0.5) is 4.39 Å². The van der Waals surface area contributed by atoms with Crippen molar-refractivity contribution in [3.8, 4) is 11.8 Å². The molecule has 0 amide bonds. The minimum absolute atomic E-state index is 0.0124. The fourth-order valence-electron chi connectivity index (χ4n) is 1.37. The van der Waals surface area contributed by atoms with Gasteiger partial charge in [-0.3, -0.25) is 0 Å². The Morgan fingerprint density at radius 2 is 2.00 bits per heavy atom. The van der Waals surface area contributed by atoms with Gasteiger partial charge in [0.1, 0.15) is 11.6 Å². The van der Waals surface area contributed by atoms with E-state index in [2.05, 4.69) is 25.9 Å². The van der Waals surface area contributed by atoms with Gasteiger partial charge in [0.25, 0.3) is 0 Å². The number of rotatable bonds is 4. The molecule has 0 fully saturated rings. The standard InChI is InChI=1S/C12H10BrClFN3O/c13-8-3-9(14)10(15)4-11(8)19-12-17-5-7(1-2-16)6-18-12/h3-6H,1-2,16H2. The third-order valence-corrected chi connectivity index (χ3v) is 3.20. The van der Waals surface area contributed by atoms with Crippen molar-refractivity contribution in [2.24, 2.45) is 5.73 Å². The quantitative estimate of drug-likeness (QED) is 0.863. The average molecular weight is 347 g/mol. The molecule has 0 aliphatic carbocycles. The molecule has 1 aromatic carbocycles. The Labute approximate surface area is 122 Å². The zero-order valence-electron chi connectivity index (χ0n) is 9.74. The Morgan fingerprint density at radius 1 is 1.32 bits per heavy atom. The SMILES string of the molecule is NCCc1cnc(Oc2cc(F)c(Cl)cc2Br)nc1. The number of ether oxygens (including phenoxy) is 1. The van der Waals surface area contributed by atoms with Gasteiger partial charge in [0, 0.05) is 18.5 Å². The molecule has 0 bridgehead atoms. The van der Waals surface area contributed by atoms with Crippen LogP contribution in [0.1, 0.15) is 5.56 Å². The van der Waals surface area contributed by atoms with E-state index in [4.69, 9.17) is 22.1 Å². The van der Waals surface area contributed by atoms with E-state index in [1.54, 1.807) is 12.4 Å². The summed E-state index contributed by atoms with van der Waals surface area (Å²) in [5, 5.41) is 0.0124. The smallest absolute Gasteiger partial charge is 0.321 e. The second-order valence-electron chi connectivity index (χ2n) is 3.71. The first-order chi connectivity index (χ1) is 9.10. The Morgan fingerprint density at radius 3 is 2.63 bits per heavy atom. The Hall–Kier alpha value is -1.24. The summed E-state index contributed by atoms with van der Waals surface area (Å²) in [6.07, 6.45) is 3.93. The molecule has 100 valence electrons. The lowest BCUT2D eigenvalue weighted by Crippen LogP contribution is -2.03. The van der Waals surface area contributed by atoms with Gasteiger partial charge in [-0.1, -0.05) is 11.6 Å². The maximum absolute atomic E-state index is 13.3. The molecule has 2 rings (SSSR count). The highest BCUT2D eigenvalue weighted by molar-refractivity contribution is 9.10. The van der Waals surface area contributed by atoms with Crippen LogP contribution in [0.2, 0.25) is 5.02 Å². The van der Waals surface area contributed by atoms with Gasteiger partial charge in [0.2, 0.25) is 0 Å². The van der Waals surface area contributed by atoms with E-state index in [9.17, 15) is 4.39 Å². The molecule has 2 N–H and O–H groups in total. The Balaban J connectivity index is 2.19. The Bertz CT molecular complexity index is 580. The number of hydrogen-bond donors (Lipinski definition) is 1. The van der Waals surface area contributed by atoms with E-state index in [0.717, 1.165) is 5.56 Å². The summed E-state index contributed by atoms with van der Waals surface area (Å²) in [5.41, 5.74) is 6.34. The number of halogens is 3. The maximum Gasteiger partial charge on any atom is 0.321 e. The molecule has 0 saturated heterocycles. The molecule has 2 aromatic rings. The van der Waals surface area contributed by atoms with Crippen LogP contribution in [-0.2, 0) is 6.42 Å². The number of hydrogen-bond acceptors (Lipinski definition) is 4. The molecule has 0 atom stereocenters. The minimum atomic E-state index is -0.570. The van der Waals surface area contributed by atoms with Crippen molar-refractivity contribution in [2.75, 3.05) is 6.54 Å². The molecule has 1 aromatic heterocycles. The van der Waals surface area contributed by atoms with Gasteiger partial charge in [0.15, 0.2) is 0 Å². The number of nitrogens with two attached hydrogens (primary N) is 1. The first kappa shape index (κ1) is 14.2. The summed E-state index contributed by atoms with van der Waals surface area (Å²) in [6.45, 7) is 0.525. The van der Waals surface area contributed by atoms with E-state index >= 15 is 0 Å². The summed E-state index contributed by atoms with van der Waals surface area (Å²) in [4.78, 5) is 8.04. The highest BCUT2D eigenvalue weighted by Crippen LogP contribution is 2.32. The topological polar surface area (TPSA) is 61.0 Å². The fraction of sp³-hybridized carbons (Fsp3) is 0.167. The maximum atomic E-state index is 13.3. The van der Waals surface area contributed by atoms with Crippen molar-refractivity contribution in [1.29, 1.82) is 0 Å². The number of benzene rings is 1. The average Bonchev–Trinajstić information content (AvgIpc) is 2.38. The lowest BCUT2D eigenvalue weighted by atomic mass is 10.2. The van der Waals surface area contributed by atoms with Crippen LogP contribution >= 0.6 is 27.5 Å². The summed E-state index contributed by atoms with van der Waals surface area (Å²) in [6, 6.07) is 2.71. The fourth-order valence-corrected chi connectivity index (χ4v) is 2.09. The lowest BCUT2D eigenvalue weighted by molar-refractivity contribution is 0.434. The van der Waals surface area contributed by atoms with Crippen LogP contribution in [-0.4, -0.2) is 16.5 Å². The van der Waals surface area contributed by atoms with Crippen molar-refractivity contribution >= 4 is 27.5 Å². The van der Waals surface area contributed by atoms with E-state index in [0.29, 0.717) is 17.4 Å². The molecular formula is C12H10BrClFN3O. The third kappa shape index (κ3) is 3.62. The third-order valence-electron chi connectivity index (χ3n) is 2.29. The van der Waals surface area contributed by atoms with Gasteiger partial charge >= 0.3 is 6.01 Å². The summed E-state index contributed by atoms with van der Waals surface area (Å²) < 4.78 is 19.2. The number of nitrogens with zero attached hydrogens (tertiary/aromatic N) is 2. The molecule has 1 heterocycles. The summed E-state index contributed by atoms with van der Waals surface area (Å²) in [5.74, 6) is -0.312. The number of aromatic nitrogens is 2. The Kier molecular flexibility index (Phi) is 4.68. The van der Waals surface area contributed by atoms with Crippen molar-refractivity contribution in [1.82, 2.24) is 9.97 Å². The van der Waals surface area contributed by atoms with Gasteiger partial charge < -0.3 is 10.5 Å². The van der Waals surface area contributed by atoms with Crippen LogP contribution in [0.25, 0.3) is 0 Å². The van der Waals surface area contributed by atoms with Crippen molar-refractivity contribution < 1.29 is 9.13 Å². The second-order valence-corrected chi connectivity index (χ2v) is 4.97.